The summed E-state index contributed by atoms with van der Waals surface area (Å²) in [5.74, 6) is 0.0873. The Morgan fingerprint density at radius 3 is 2.44 bits per heavy atom. The van der Waals surface area contributed by atoms with Gasteiger partial charge < -0.3 is 20.1 Å². The van der Waals surface area contributed by atoms with Gasteiger partial charge in [0.05, 0.1) is 18.9 Å². The third-order valence-electron chi connectivity index (χ3n) is 3.91. The second kappa shape index (κ2) is 10.9. The van der Waals surface area contributed by atoms with Crippen LogP contribution >= 0.6 is 0 Å². The molecule has 0 unspecified atom stereocenters. The molecule has 0 bridgehead atoms. The molecular weight excluding hydrogens is 344 g/mol. The van der Waals surface area contributed by atoms with Crippen molar-refractivity contribution >= 4 is 17.6 Å². The van der Waals surface area contributed by atoms with Crippen LogP contribution in [0.1, 0.15) is 25.3 Å². The smallest absolute Gasteiger partial charge is 0.325 e. The monoisotopic (exact) mass is 370 g/mol. The Hall–Kier alpha value is -3.02. The average molecular weight is 370 g/mol. The highest BCUT2D eigenvalue weighted by atomic mass is 16.5. The first kappa shape index (κ1) is 20.3. The number of amides is 1. The zero-order chi connectivity index (χ0) is 19.5. The number of hydrogen-bond acceptors (Lipinski definition) is 5. The van der Waals surface area contributed by atoms with Crippen molar-refractivity contribution in [3.05, 3.63) is 60.2 Å². The number of ether oxygens (including phenoxy) is 2. The third kappa shape index (κ3) is 7.01. The van der Waals surface area contributed by atoms with Gasteiger partial charge in [0.1, 0.15) is 12.3 Å². The number of nitrogens with two attached hydrogens (primary N) is 1. The van der Waals surface area contributed by atoms with Gasteiger partial charge in [-0.25, -0.2) is 0 Å². The number of hydrogen-bond donors (Lipinski definition) is 1. The van der Waals surface area contributed by atoms with E-state index in [1.807, 2.05) is 42.5 Å². The molecule has 0 heterocycles. The molecule has 0 atom stereocenters. The van der Waals surface area contributed by atoms with E-state index in [0.29, 0.717) is 37.6 Å². The van der Waals surface area contributed by atoms with Crippen molar-refractivity contribution in [3.8, 4) is 5.75 Å². The molecule has 27 heavy (non-hydrogen) atoms. The summed E-state index contributed by atoms with van der Waals surface area (Å²) >= 11 is 0. The van der Waals surface area contributed by atoms with Crippen molar-refractivity contribution in [3.63, 3.8) is 0 Å². The van der Waals surface area contributed by atoms with Gasteiger partial charge in [0.25, 0.3) is 0 Å². The number of esters is 1. The lowest BCUT2D eigenvalue weighted by Gasteiger charge is -2.22. The lowest BCUT2D eigenvalue weighted by molar-refractivity contribution is -0.149. The van der Waals surface area contributed by atoms with E-state index < -0.39 is 5.97 Å². The molecule has 2 aromatic rings. The molecule has 6 heteroatoms. The minimum absolute atomic E-state index is 0.0615. The summed E-state index contributed by atoms with van der Waals surface area (Å²) in [5.41, 5.74) is 7.36. The predicted molar refractivity (Wildman–Crippen MR) is 104 cm³/mol. The standard InChI is InChI=1S/C21H26N2O4/c1-2-26-21(25)16-23(15-17-9-4-3-5-10-17)20(24)13-8-14-27-19-12-7-6-11-18(19)22/h3-7,9-12H,2,8,13-16,22H2,1H3. The van der Waals surface area contributed by atoms with Crippen LogP contribution in [0.3, 0.4) is 0 Å². The fourth-order valence-corrected chi connectivity index (χ4v) is 2.57. The molecule has 0 radical (unpaired) electrons. The molecule has 1 amide bonds. The maximum atomic E-state index is 12.6. The molecule has 0 aromatic heterocycles. The fraction of sp³-hybridized carbons (Fsp3) is 0.333. The highest BCUT2D eigenvalue weighted by Crippen LogP contribution is 2.20. The van der Waals surface area contributed by atoms with Crippen LogP contribution in [0.5, 0.6) is 5.75 Å². The van der Waals surface area contributed by atoms with E-state index in [1.54, 1.807) is 19.1 Å². The van der Waals surface area contributed by atoms with E-state index in [1.165, 1.54) is 4.90 Å². The molecule has 2 aromatic carbocycles. The summed E-state index contributed by atoms with van der Waals surface area (Å²) in [6.45, 7) is 2.71. The van der Waals surface area contributed by atoms with Crippen LogP contribution in [0, 0.1) is 0 Å². The Morgan fingerprint density at radius 1 is 1.04 bits per heavy atom. The largest absolute Gasteiger partial charge is 0.491 e. The number of carbonyl (C=O) groups is 2. The molecule has 2 rings (SSSR count). The molecule has 144 valence electrons. The summed E-state index contributed by atoms with van der Waals surface area (Å²) in [5, 5.41) is 0. The Labute approximate surface area is 159 Å². The van der Waals surface area contributed by atoms with Crippen molar-refractivity contribution in [1.82, 2.24) is 4.90 Å². The molecule has 6 nitrogen and oxygen atoms in total. The summed E-state index contributed by atoms with van der Waals surface area (Å²) < 4.78 is 10.6. The van der Waals surface area contributed by atoms with Gasteiger partial charge in [0.15, 0.2) is 0 Å². The van der Waals surface area contributed by atoms with E-state index in [-0.39, 0.29) is 18.9 Å². The Morgan fingerprint density at radius 2 is 1.74 bits per heavy atom. The Kier molecular flexibility index (Phi) is 8.16. The van der Waals surface area contributed by atoms with Gasteiger partial charge in [0.2, 0.25) is 5.91 Å². The number of nitrogens with zero attached hydrogens (tertiary/aromatic N) is 1. The third-order valence-corrected chi connectivity index (χ3v) is 3.91. The number of benzene rings is 2. The lowest BCUT2D eigenvalue weighted by atomic mass is 10.2. The number of anilines is 1. The van der Waals surface area contributed by atoms with E-state index in [4.69, 9.17) is 15.2 Å². The summed E-state index contributed by atoms with van der Waals surface area (Å²) in [6, 6.07) is 16.8. The van der Waals surface area contributed by atoms with Gasteiger partial charge >= 0.3 is 5.97 Å². The lowest BCUT2D eigenvalue weighted by Crippen LogP contribution is -2.36. The Balaban J connectivity index is 1.88. The number of rotatable bonds is 10. The van der Waals surface area contributed by atoms with E-state index in [9.17, 15) is 9.59 Å². The SMILES string of the molecule is CCOC(=O)CN(Cc1ccccc1)C(=O)CCCOc1ccccc1N. The predicted octanol–water partition coefficient (Wildman–Crippen LogP) is 3.02. The molecule has 0 aliphatic carbocycles. The van der Waals surface area contributed by atoms with Crippen LogP contribution in [0.4, 0.5) is 5.69 Å². The first-order valence-corrected chi connectivity index (χ1v) is 9.04. The number of carbonyl (C=O) groups excluding carboxylic acids is 2. The minimum Gasteiger partial charge on any atom is -0.491 e. The average Bonchev–Trinajstić information content (AvgIpc) is 2.67. The minimum atomic E-state index is -0.407. The van der Waals surface area contributed by atoms with Crippen molar-refractivity contribution in [2.45, 2.75) is 26.3 Å². The van der Waals surface area contributed by atoms with Crippen molar-refractivity contribution in [1.29, 1.82) is 0 Å². The first-order chi connectivity index (χ1) is 13.1. The van der Waals surface area contributed by atoms with Crippen LogP contribution in [0.15, 0.2) is 54.6 Å². The van der Waals surface area contributed by atoms with Crippen LogP contribution < -0.4 is 10.5 Å². The van der Waals surface area contributed by atoms with E-state index in [0.717, 1.165) is 5.56 Å². The summed E-state index contributed by atoms with van der Waals surface area (Å²) in [6.07, 6.45) is 0.806. The van der Waals surface area contributed by atoms with Crippen LogP contribution in [0.25, 0.3) is 0 Å². The highest BCUT2D eigenvalue weighted by molar-refractivity contribution is 5.82. The van der Waals surface area contributed by atoms with E-state index in [2.05, 4.69) is 0 Å². The van der Waals surface area contributed by atoms with Crippen molar-refractivity contribution in [2.75, 3.05) is 25.5 Å². The van der Waals surface area contributed by atoms with Crippen LogP contribution in [0.2, 0.25) is 0 Å². The summed E-state index contributed by atoms with van der Waals surface area (Å²) in [4.78, 5) is 26.0. The molecular formula is C21H26N2O4. The second-order valence-corrected chi connectivity index (χ2v) is 6.03. The molecule has 0 fully saturated rings. The second-order valence-electron chi connectivity index (χ2n) is 6.03. The first-order valence-electron chi connectivity index (χ1n) is 9.04. The topological polar surface area (TPSA) is 81.9 Å². The molecule has 0 aliphatic rings. The maximum Gasteiger partial charge on any atom is 0.325 e. The normalized spacial score (nSPS) is 10.3. The Bertz CT molecular complexity index is 734. The van der Waals surface area contributed by atoms with E-state index >= 15 is 0 Å². The molecule has 0 aliphatic heterocycles. The summed E-state index contributed by atoms with van der Waals surface area (Å²) in [7, 11) is 0. The fourth-order valence-electron chi connectivity index (χ4n) is 2.57. The molecule has 0 saturated heterocycles. The van der Waals surface area contributed by atoms with Crippen molar-refractivity contribution < 1.29 is 19.1 Å². The zero-order valence-corrected chi connectivity index (χ0v) is 15.6. The van der Waals surface area contributed by atoms with Crippen LogP contribution in [-0.2, 0) is 20.9 Å². The molecule has 0 spiro atoms. The van der Waals surface area contributed by atoms with Gasteiger partial charge in [-0.3, -0.25) is 9.59 Å². The highest BCUT2D eigenvalue weighted by Gasteiger charge is 2.18. The molecule has 0 saturated carbocycles. The molecule has 2 N–H and O–H groups in total. The zero-order valence-electron chi connectivity index (χ0n) is 15.6. The number of para-hydroxylation sites is 2. The number of nitrogen functional groups attached to an aromatic ring is 1. The van der Waals surface area contributed by atoms with Gasteiger partial charge in [-0.2, -0.15) is 0 Å². The van der Waals surface area contributed by atoms with Crippen LogP contribution in [-0.4, -0.2) is 36.5 Å². The quantitative estimate of drug-likeness (QED) is 0.395. The van der Waals surface area contributed by atoms with Crippen molar-refractivity contribution in [2.24, 2.45) is 0 Å². The van der Waals surface area contributed by atoms with Gasteiger partial charge in [-0.05, 0) is 31.0 Å². The van der Waals surface area contributed by atoms with Gasteiger partial charge in [0, 0.05) is 13.0 Å². The van der Waals surface area contributed by atoms with Gasteiger partial charge in [-0.1, -0.05) is 42.5 Å². The maximum absolute atomic E-state index is 12.6. The van der Waals surface area contributed by atoms with Gasteiger partial charge in [-0.15, -0.1) is 0 Å².